The van der Waals surface area contributed by atoms with E-state index in [9.17, 15) is 5.11 Å². The first-order valence-electron chi connectivity index (χ1n) is 5.63. The van der Waals surface area contributed by atoms with Gasteiger partial charge in [0.15, 0.2) is 0 Å². The molecule has 2 aromatic heterocycles. The molecule has 0 aliphatic rings. The lowest BCUT2D eigenvalue weighted by Crippen LogP contribution is -2.14. The zero-order valence-corrected chi connectivity index (χ0v) is 14.2. The van der Waals surface area contributed by atoms with Crippen molar-refractivity contribution in [3.05, 3.63) is 43.8 Å². The molecule has 19 heavy (non-hydrogen) atoms. The summed E-state index contributed by atoms with van der Waals surface area (Å²) in [6, 6.07) is 1.93. The number of nitrogens with zero attached hydrogens (tertiary/aromatic N) is 3. The van der Waals surface area contributed by atoms with Crippen LogP contribution in [0.2, 0.25) is 5.02 Å². The highest BCUT2D eigenvalue weighted by Crippen LogP contribution is 2.33. The fourth-order valence-electron chi connectivity index (χ4n) is 1.77. The van der Waals surface area contributed by atoms with Crippen LogP contribution in [0.1, 0.15) is 37.4 Å². The largest absolute Gasteiger partial charge is 0.380 e. The normalized spacial score (nSPS) is 13.0. The maximum Gasteiger partial charge on any atom is 0.140 e. The van der Waals surface area contributed by atoms with Gasteiger partial charge in [0.25, 0.3) is 0 Å². The lowest BCUT2D eigenvalue weighted by atomic mass is 10.1. The maximum absolute atomic E-state index is 10.5. The van der Waals surface area contributed by atoms with Crippen LogP contribution in [0.4, 0.5) is 0 Å². The minimum absolute atomic E-state index is 0.103. The van der Waals surface area contributed by atoms with Crippen LogP contribution < -0.4 is 0 Å². The second-order valence-electron chi connectivity index (χ2n) is 4.34. The number of pyridine rings is 1. The molecule has 0 fully saturated rings. The Labute approximate surface area is 133 Å². The Balaban J connectivity index is 2.49. The predicted molar refractivity (Wildman–Crippen MR) is 81.3 cm³/mol. The SMILES string of the molecule is CC(C)n1ncc(Cl)c1C(O)c1ncc(Br)cc1Br. The van der Waals surface area contributed by atoms with E-state index in [0.29, 0.717) is 20.9 Å². The number of halogens is 3. The topological polar surface area (TPSA) is 50.9 Å². The highest BCUT2D eigenvalue weighted by molar-refractivity contribution is 9.11. The van der Waals surface area contributed by atoms with Crippen LogP contribution in [-0.4, -0.2) is 19.9 Å². The van der Waals surface area contributed by atoms with E-state index in [1.807, 2.05) is 19.9 Å². The molecule has 0 aromatic carbocycles. The van der Waals surface area contributed by atoms with E-state index < -0.39 is 6.10 Å². The van der Waals surface area contributed by atoms with Crippen LogP contribution in [0.15, 0.2) is 27.4 Å². The first-order chi connectivity index (χ1) is 8.91. The van der Waals surface area contributed by atoms with E-state index in [4.69, 9.17) is 11.6 Å². The van der Waals surface area contributed by atoms with Crippen molar-refractivity contribution in [2.75, 3.05) is 0 Å². The molecule has 0 saturated carbocycles. The molecular formula is C12H12Br2ClN3O. The van der Waals surface area contributed by atoms with Gasteiger partial charge in [-0.1, -0.05) is 11.6 Å². The van der Waals surface area contributed by atoms with E-state index in [-0.39, 0.29) is 6.04 Å². The van der Waals surface area contributed by atoms with Crippen LogP contribution in [0.5, 0.6) is 0 Å². The summed E-state index contributed by atoms with van der Waals surface area (Å²) in [5.41, 5.74) is 1.06. The van der Waals surface area contributed by atoms with Gasteiger partial charge in [-0.05, 0) is 51.8 Å². The summed E-state index contributed by atoms with van der Waals surface area (Å²) < 4.78 is 3.24. The van der Waals surface area contributed by atoms with Crippen molar-refractivity contribution in [1.82, 2.24) is 14.8 Å². The minimum Gasteiger partial charge on any atom is -0.380 e. The molecule has 0 aliphatic carbocycles. The number of aliphatic hydroxyl groups is 1. The summed E-state index contributed by atoms with van der Waals surface area (Å²) >= 11 is 12.8. The highest BCUT2D eigenvalue weighted by Gasteiger charge is 2.24. The molecule has 0 amide bonds. The maximum atomic E-state index is 10.5. The standard InChI is InChI=1S/C12H12Br2ClN3O/c1-6(2)18-11(9(15)5-17-18)12(19)10-8(14)3-7(13)4-16-10/h3-6,12,19H,1-2H3. The second-order valence-corrected chi connectivity index (χ2v) is 6.52. The summed E-state index contributed by atoms with van der Waals surface area (Å²) in [6.45, 7) is 3.95. The van der Waals surface area contributed by atoms with Gasteiger partial charge in [-0.15, -0.1) is 0 Å². The summed E-state index contributed by atoms with van der Waals surface area (Å²) in [4.78, 5) is 4.23. The number of aromatic nitrogens is 3. The zero-order valence-electron chi connectivity index (χ0n) is 10.3. The minimum atomic E-state index is -0.931. The number of aliphatic hydroxyl groups excluding tert-OH is 1. The van der Waals surface area contributed by atoms with Crippen molar-refractivity contribution >= 4 is 43.5 Å². The molecule has 2 aromatic rings. The fourth-order valence-corrected chi connectivity index (χ4v) is 3.21. The van der Waals surface area contributed by atoms with Crippen LogP contribution in [0, 0.1) is 0 Å². The molecule has 0 spiro atoms. The Morgan fingerprint density at radius 1 is 1.32 bits per heavy atom. The van der Waals surface area contributed by atoms with Gasteiger partial charge in [-0.25, -0.2) is 0 Å². The number of rotatable bonds is 3. The Hall–Kier alpha value is -0.430. The molecule has 7 heteroatoms. The molecule has 4 nitrogen and oxygen atoms in total. The molecule has 2 rings (SSSR count). The lowest BCUT2D eigenvalue weighted by Gasteiger charge is -2.17. The smallest absolute Gasteiger partial charge is 0.140 e. The predicted octanol–water partition coefficient (Wildman–Crippen LogP) is 4.12. The fraction of sp³-hybridized carbons (Fsp3) is 0.333. The third kappa shape index (κ3) is 3.02. The third-order valence-electron chi connectivity index (χ3n) is 2.63. The number of hydrogen-bond acceptors (Lipinski definition) is 3. The van der Waals surface area contributed by atoms with Crippen molar-refractivity contribution in [2.24, 2.45) is 0 Å². The summed E-state index contributed by atoms with van der Waals surface area (Å²) in [5, 5.41) is 15.1. The molecule has 0 radical (unpaired) electrons. The van der Waals surface area contributed by atoms with Crippen LogP contribution in [-0.2, 0) is 0 Å². The van der Waals surface area contributed by atoms with E-state index in [1.165, 1.54) is 6.20 Å². The van der Waals surface area contributed by atoms with Crippen LogP contribution >= 0.6 is 43.5 Å². The van der Waals surface area contributed by atoms with E-state index >= 15 is 0 Å². The molecule has 1 N–H and O–H groups in total. The van der Waals surface area contributed by atoms with Crippen molar-refractivity contribution in [1.29, 1.82) is 0 Å². The van der Waals surface area contributed by atoms with Crippen molar-refractivity contribution in [2.45, 2.75) is 26.0 Å². The number of hydrogen-bond donors (Lipinski definition) is 1. The van der Waals surface area contributed by atoms with Gasteiger partial charge in [0.1, 0.15) is 6.10 Å². The summed E-state index contributed by atoms with van der Waals surface area (Å²) in [7, 11) is 0. The average Bonchev–Trinajstić information content (AvgIpc) is 2.70. The van der Waals surface area contributed by atoms with Crippen LogP contribution in [0.3, 0.4) is 0 Å². The van der Waals surface area contributed by atoms with Gasteiger partial charge in [-0.2, -0.15) is 5.10 Å². The first-order valence-corrected chi connectivity index (χ1v) is 7.60. The molecule has 102 valence electrons. The van der Waals surface area contributed by atoms with Crippen molar-refractivity contribution in [3.8, 4) is 0 Å². The summed E-state index contributed by atoms with van der Waals surface area (Å²) in [5.74, 6) is 0. The Kier molecular flexibility index (Phi) is 4.66. The average molecular weight is 410 g/mol. The van der Waals surface area contributed by atoms with E-state index in [2.05, 4.69) is 41.9 Å². The zero-order chi connectivity index (χ0) is 14.2. The van der Waals surface area contributed by atoms with E-state index in [1.54, 1.807) is 10.9 Å². The first kappa shape index (κ1) is 15.0. The van der Waals surface area contributed by atoms with Crippen molar-refractivity contribution in [3.63, 3.8) is 0 Å². The summed E-state index contributed by atoms with van der Waals surface area (Å²) in [6.07, 6.45) is 2.24. The van der Waals surface area contributed by atoms with Gasteiger partial charge < -0.3 is 5.11 Å². The molecular weight excluding hydrogens is 397 g/mol. The van der Waals surface area contributed by atoms with E-state index in [0.717, 1.165) is 4.47 Å². The Bertz CT molecular complexity index is 601. The van der Waals surface area contributed by atoms with Gasteiger partial charge in [0.05, 0.1) is 22.6 Å². The lowest BCUT2D eigenvalue weighted by molar-refractivity contribution is 0.199. The molecule has 0 bridgehead atoms. The van der Waals surface area contributed by atoms with Gasteiger partial charge in [0, 0.05) is 21.2 Å². The third-order valence-corrected chi connectivity index (χ3v) is 3.99. The molecule has 0 saturated heterocycles. The van der Waals surface area contributed by atoms with Gasteiger partial charge >= 0.3 is 0 Å². The highest BCUT2D eigenvalue weighted by atomic mass is 79.9. The van der Waals surface area contributed by atoms with Crippen LogP contribution in [0.25, 0.3) is 0 Å². The molecule has 0 aliphatic heterocycles. The second kappa shape index (κ2) is 5.91. The Morgan fingerprint density at radius 3 is 2.58 bits per heavy atom. The van der Waals surface area contributed by atoms with Gasteiger partial charge in [-0.3, -0.25) is 9.67 Å². The molecule has 2 heterocycles. The Morgan fingerprint density at radius 2 is 2.00 bits per heavy atom. The van der Waals surface area contributed by atoms with Gasteiger partial charge in [0.2, 0.25) is 0 Å². The molecule has 1 unspecified atom stereocenters. The molecule has 1 atom stereocenters. The quantitative estimate of drug-likeness (QED) is 0.830. The monoisotopic (exact) mass is 407 g/mol. The van der Waals surface area contributed by atoms with Crippen molar-refractivity contribution < 1.29 is 5.11 Å².